The second-order valence-electron chi connectivity index (χ2n) is 4.54. The van der Waals surface area contributed by atoms with Gasteiger partial charge in [-0.05, 0) is 19.3 Å². The molecule has 0 aliphatic carbocycles. The molecule has 1 rings (SSSR count). The molecule has 0 amide bonds. The van der Waals surface area contributed by atoms with Crippen LogP contribution in [0.25, 0.3) is 0 Å². The van der Waals surface area contributed by atoms with Crippen molar-refractivity contribution in [2.75, 3.05) is 6.61 Å². The molecule has 1 N–H and O–H groups in total. The second-order valence-corrected chi connectivity index (χ2v) is 4.54. The molecular formula is C11H18N2O2. The van der Waals surface area contributed by atoms with Gasteiger partial charge in [-0.15, -0.1) is 0 Å². The van der Waals surface area contributed by atoms with Gasteiger partial charge < -0.3 is 4.74 Å². The predicted octanol–water partition coefficient (Wildman–Crippen LogP) is 2.19. The maximum absolute atomic E-state index is 11.6. The van der Waals surface area contributed by atoms with Crippen molar-refractivity contribution in [2.45, 2.75) is 40.0 Å². The SMILES string of the molecule is CCOC(=O)c1n[nH]c(C)c1C(C)(C)C. The van der Waals surface area contributed by atoms with Gasteiger partial charge >= 0.3 is 5.97 Å². The lowest BCUT2D eigenvalue weighted by Crippen LogP contribution is -2.18. The zero-order chi connectivity index (χ0) is 11.6. The summed E-state index contributed by atoms with van der Waals surface area (Å²) in [5, 5.41) is 6.83. The molecule has 1 heterocycles. The van der Waals surface area contributed by atoms with Gasteiger partial charge in [0.05, 0.1) is 6.61 Å². The number of aromatic amines is 1. The Kier molecular flexibility index (Phi) is 3.17. The second kappa shape index (κ2) is 4.04. The number of aromatic nitrogens is 2. The number of carbonyl (C=O) groups is 1. The Hall–Kier alpha value is -1.32. The van der Waals surface area contributed by atoms with E-state index in [1.807, 2.05) is 27.7 Å². The first kappa shape index (κ1) is 11.8. The molecule has 0 saturated carbocycles. The summed E-state index contributed by atoms with van der Waals surface area (Å²) in [6.45, 7) is 10.2. The number of nitrogens with zero attached hydrogens (tertiary/aromatic N) is 1. The Balaban J connectivity index is 3.15. The fraction of sp³-hybridized carbons (Fsp3) is 0.636. The van der Waals surface area contributed by atoms with Crippen LogP contribution in [-0.2, 0) is 10.2 Å². The highest BCUT2D eigenvalue weighted by molar-refractivity contribution is 5.89. The fourth-order valence-electron chi connectivity index (χ4n) is 1.69. The van der Waals surface area contributed by atoms with Crippen molar-refractivity contribution < 1.29 is 9.53 Å². The molecule has 0 atom stereocenters. The third kappa shape index (κ3) is 2.37. The van der Waals surface area contributed by atoms with Crippen molar-refractivity contribution >= 4 is 5.97 Å². The number of esters is 1. The van der Waals surface area contributed by atoms with Crippen LogP contribution >= 0.6 is 0 Å². The van der Waals surface area contributed by atoms with Gasteiger partial charge in [0.2, 0.25) is 0 Å². The van der Waals surface area contributed by atoms with E-state index in [2.05, 4.69) is 10.2 Å². The summed E-state index contributed by atoms with van der Waals surface area (Å²) in [4.78, 5) is 11.6. The molecule has 0 bridgehead atoms. The number of hydrogen-bond donors (Lipinski definition) is 1. The van der Waals surface area contributed by atoms with Crippen LogP contribution in [0.2, 0.25) is 0 Å². The number of ether oxygens (including phenoxy) is 1. The van der Waals surface area contributed by atoms with Crippen molar-refractivity contribution in [1.29, 1.82) is 0 Å². The van der Waals surface area contributed by atoms with E-state index < -0.39 is 0 Å². The smallest absolute Gasteiger partial charge is 0.359 e. The normalized spacial score (nSPS) is 11.5. The molecule has 0 radical (unpaired) electrons. The summed E-state index contributed by atoms with van der Waals surface area (Å²) >= 11 is 0. The van der Waals surface area contributed by atoms with E-state index in [0.29, 0.717) is 12.3 Å². The van der Waals surface area contributed by atoms with Crippen LogP contribution in [0.1, 0.15) is 49.4 Å². The first-order chi connectivity index (χ1) is 6.88. The Morgan fingerprint density at radius 1 is 1.47 bits per heavy atom. The molecule has 0 aliphatic rings. The van der Waals surface area contributed by atoms with E-state index in [1.165, 1.54) is 0 Å². The standard InChI is InChI=1S/C11H18N2O2/c1-6-15-10(14)9-8(11(3,4)5)7(2)12-13-9/h6H2,1-5H3,(H,12,13). The minimum absolute atomic E-state index is 0.112. The molecule has 1 aromatic heterocycles. The molecule has 0 saturated heterocycles. The van der Waals surface area contributed by atoms with E-state index in [0.717, 1.165) is 11.3 Å². The van der Waals surface area contributed by atoms with Crippen molar-refractivity contribution in [2.24, 2.45) is 0 Å². The number of rotatable bonds is 2. The van der Waals surface area contributed by atoms with Crippen LogP contribution in [0.3, 0.4) is 0 Å². The summed E-state index contributed by atoms with van der Waals surface area (Å²) < 4.78 is 4.96. The van der Waals surface area contributed by atoms with E-state index in [1.54, 1.807) is 6.92 Å². The Bertz CT molecular complexity index is 361. The monoisotopic (exact) mass is 210 g/mol. The Labute approximate surface area is 90.0 Å². The average Bonchev–Trinajstić information content (AvgIpc) is 2.46. The average molecular weight is 210 g/mol. The minimum Gasteiger partial charge on any atom is -0.461 e. The van der Waals surface area contributed by atoms with Crippen molar-refractivity contribution in [3.8, 4) is 0 Å². The molecule has 0 fully saturated rings. The van der Waals surface area contributed by atoms with Crippen molar-refractivity contribution in [1.82, 2.24) is 10.2 Å². The van der Waals surface area contributed by atoms with E-state index in [9.17, 15) is 4.79 Å². The minimum atomic E-state index is -0.355. The summed E-state index contributed by atoms with van der Waals surface area (Å²) in [6, 6.07) is 0. The quantitative estimate of drug-likeness (QED) is 0.761. The van der Waals surface area contributed by atoms with Crippen LogP contribution in [-0.4, -0.2) is 22.8 Å². The lowest BCUT2D eigenvalue weighted by atomic mass is 9.85. The van der Waals surface area contributed by atoms with E-state index >= 15 is 0 Å². The molecule has 15 heavy (non-hydrogen) atoms. The van der Waals surface area contributed by atoms with Gasteiger partial charge in [0.25, 0.3) is 0 Å². The topological polar surface area (TPSA) is 55.0 Å². The zero-order valence-corrected chi connectivity index (χ0v) is 9.97. The first-order valence-corrected chi connectivity index (χ1v) is 5.10. The van der Waals surface area contributed by atoms with Gasteiger partial charge in [-0.2, -0.15) is 5.10 Å². The van der Waals surface area contributed by atoms with Crippen LogP contribution in [0, 0.1) is 6.92 Å². The number of carbonyl (C=O) groups excluding carboxylic acids is 1. The molecule has 0 aliphatic heterocycles. The molecular weight excluding hydrogens is 192 g/mol. The lowest BCUT2D eigenvalue weighted by molar-refractivity contribution is 0.0516. The molecule has 0 spiro atoms. The number of hydrogen-bond acceptors (Lipinski definition) is 3. The molecule has 0 unspecified atom stereocenters. The maximum Gasteiger partial charge on any atom is 0.359 e. The summed E-state index contributed by atoms with van der Waals surface area (Å²) in [6.07, 6.45) is 0. The van der Waals surface area contributed by atoms with Gasteiger partial charge in [0, 0.05) is 11.3 Å². The molecule has 4 nitrogen and oxygen atoms in total. The van der Waals surface area contributed by atoms with Gasteiger partial charge in [0.15, 0.2) is 5.69 Å². The highest BCUT2D eigenvalue weighted by atomic mass is 16.5. The lowest BCUT2D eigenvalue weighted by Gasteiger charge is -2.19. The molecule has 4 heteroatoms. The van der Waals surface area contributed by atoms with Gasteiger partial charge in [0.1, 0.15) is 0 Å². The van der Waals surface area contributed by atoms with Crippen LogP contribution in [0.15, 0.2) is 0 Å². The summed E-state index contributed by atoms with van der Waals surface area (Å²) in [5.74, 6) is -0.355. The molecule has 1 aromatic rings. The maximum atomic E-state index is 11.6. The number of aryl methyl sites for hydroxylation is 1. The van der Waals surface area contributed by atoms with E-state index in [-0.39, 0.29) is 11.4 Å². The van der Waals surface area contributed by atoms with E-state index in [4.69, 9.17) is 4.74 Å². The fourth-order valence-corrected chi connectivity index (χ4v) is 1.69. The highest BCUT2D eigenvalue weighted by Crippen LogP contribution is 2.27. The largest absolute Gasteiger partial charge is 0.461 e. The zero-order valence-electron chi connectivity index (χ0n) is 9.97. The van der Waals surface area contributed by atoms with Gasteiger partial charge in [-0.3, -0.25) is 5.10 Å². The van der Waals surface area contributed by atoms with Gasteiger partial charge in [-0.25, -0.2) is 4.79 Å². The third-order valence-electron chi connectivity index (χ3n) is 2.17. The predicted molar refractivity (Wildman–Crippen MR) is 58.0 cm³/mol. The summed E-state index contributed by atoms with van der Waals surface area (Å²) in [7, 11) is 0. The van der Waals surface area contributed by atoms with Crippen LogP contribution in [0.5, 0.6) is 0 Å². The number of H-pyrrole nitrogens is 1. The van der Waals surface area contributed by atoms with Crippen molar-refractivity contribution in [3.05, 3.63) is 17.0 Å². The number of nitrogens with one attached hydrogen (secondary N) is 1. The van der Waals surface area contributed by atoms with Crippen LogP contribution < -0.4 is 0 Å². The molecule has 0 aromatic carbocycles. The highest BCUT2D eigenvalue weighted by Gasteiger charge is 2.27. The first-order valence-electron chi connectivity index (χ1n) is 5.10. The van der Waals surface area contributed by atoms with Crippen LogP contribution in [0.4, 0.5) is 0 Å². The third-order valence-corrected chi connectivity index (χ3v) is 2.17. The Morgan fingerprint density at radius 2 is 2.07 bits per heavy atom. The van der Waals surface area contributed by atoms with Crippen molar-refractivity contribution in [3.63, 3.8) is 0 Å². The van der Waals surface area contributed by atoms with Gasteiger partial charge in [-0.1, -0.05) is 20.8 Å². The molecule has 84 valence electrons. The summed E-state index contributed by atoms with van der Waals surface area (Å²) in [5.41, 5.74) is 2.15. The Morgan fingerprint density at radius 3 is 2.53 bits per heavy atom.